The van der Waals surface area contributed by atoms with Crippen molar-refractivity contribution in [2.75, 3.05) is 20.3 Å². The van der Waals surface area contributed by atoms with E-state index in [9.17, 15) is 4.79 Å². The lowest BCUT2D eigenvalue weighted by Gasteiger charge is -2.28. The van der Waals surface area contributed by atoms with Gasteiger partial charge in [-0.15, -0.1) is 0 Å². The van der Waals surface area contributed by atoms with E-state index in [2.05, 4.69) is 24.1 Å². The molecule has 2 aromatic rings. The zero-order valence-electron chi connectivity index (χ0n) is 20.9. The second kappa shape index (κ2) is 13.8. The molecule has 0 saturated heterocycles. The molecule has 0 bridgehead atoms. The van der Waals surface area contributed by atoms with E-state index in [0.29, 0.717) is 19.0 Å². The highest BCUT2D eigenvalue weighted by molar-refractivity contribution is 5.69. The van der Waals surface area contributed by atoms with Crippen molar-refractivity contribution in [2.24, 2.45) is 0 Å². The Morgan fingerprint density at radius 2 is 1.76 bits per heavy atom. The number of unbranched alkanes of at least 4 members (excludes halogenated alkanes) is 2. The standard InChI is InChI=1S/C27H40N2O4/c1-6-8-9-11-23(10-7-2)33-26(30)29-27(3,4)22-14-12-21(13-15-22)25-17-16-24(20-28-25)32-19-18-31-5/h12-17,20,23H,6-11,18-19H2,1-5H3,(H,29,30). The maximum absolute atomic E-state index is 12.6. The molecular formula is C27H40N2O4. The third kappa shape index (κ3) is 9.04. The summed E-state index contributed by atoms with van der Waals surface area (Å²) in [5.41, 5.74) is 2.31. The topological polar surface area (TPSA) is 69.7 Å². The molecule has 182 valence electrons. The Morgan fingerprint density at radius 3 is 2.36 bits per heavy atom. The van der Waals surface area contributed by atoms with Gasteiger partial charge in [0.2, 0.25) is 0 Å². The Bertz CT molecular complexity index is 819. The molecule has 1 atom stereocenters. The minimum atomic E-state index is -0.553. The highest BCUT2D eigenvalue weighted by Crippen LogP contribution is 2.25. The van der Waals surface area contributed by atoms with Crippen molar-refractivity contribution in [3.8, 4) is 17.0 Å². The summed E-state index contributed by atoms with van der Waals surface area (Å²) in [4.78, 5) is 17.1. The molecule has 0 aliphatic carbocycles. The highest BCUT2D eigenvalue weighted by atomic mass is 16.6. The molecule has 0 aliphatic rings. The first kappa shape index (κ1) is 26.7. The third-order valence-electron chi connectivity index (χ3n) is 5.62. The van der Waals surface area contributed by atoms with Gasteiger partial charge in [0.05, 0.1) is 24.0 Å². The maximum atomic E-state index is 12.6. The molecule has 6 heteroatoms. The van der Waals surface area contributed by atoms with Crippen LogP contribution in [0.15, 0.2) is 42.6 Å². The summed E-state index contributed by atoms with van der Waals surface area (Å²) in [5, 5.41) is 3.04. The molecule has 0 fully saturated rings. The molecule has 0 spiro atoms. The number of pyridine rings is 1. The number of rotatable bonds is 14. The van der Waals surface area contributed by atoms with Crippen LogP contribution in [0.4, 0.5) is 4.79 Å². The number of ether oxygens (including phenoxy) is 3. The minimum Gasteiger partial charge on any atom is -0.490 e. The summed E-state index contributed by atoms with van der Waals surface area (Å²) in [6.07, 6.45) is 7.59. The molecule has 1 aromatic heterocycles. The molecule has 0 aliphatic heterocycles. The van der Waals surface area contributed by atoms with Crippen LogP contribution in [0.25, 0.3) is 11.3 Å². The van der Waals surface area contributed by atoms with Gasteiger partial charge in [-0.2, -0.15) is 0 Å². The van der Waals surface area contributed by atoms with Gasteiger partial charge in [-0.05, 0) is 50.8 Å². The lowest BCUT2D eigenvalue weighted by Crippen LogP contribution is -2.42. The lowest BCUT2D eigenvalue weighted by atomic mass is 9.93. The van der Waals surface area contributed by atoms with Crippen LogP contribution in [0.5, 0.6) is 5.75 Å². The molecular weight excluding hydrogens is 416 g/mol. The Morgan fingerprint density at radius 1 is 1.00 bits per heavy atom. The van der Waals surface area contributed by atoms with E-state index in [1.165, 1.54) is 6.42 Å². The number of benzene rings is 1. The predicted octanol–water partition coefficient (Wildman–Crippen LogP) is 6.48. The first-order chi connectivity index (χ1) is 15.9. The number of hydrogen-bond acceptors (Lipinski definition) is 5. The van der Waals surface area contributed by atoms with Crippen LogP contribution in [0.2, 0.25) is 0 Å². The average molecular weight is 457 g/mol. The molecule has 1 unspecified atom stereocenters. The Balaban J connectivity index is 1.96. The van der Waals surface area contributed by atoms with Crippen molar-refractivity contribution in [1.29, 1.82) is 0 Å². The Labute approximate surface area is 199 Å². The number of nitrogens with one attached hydrogen (secondary N) is 1. The fraction of sp³-hybridized carbons (Fsp3) is 0.556. The molecule has 1 aromatic carbocycles. The number of hydrogen-bond donors (Lipinski definition) is 1. The van der Waals surface area contributed by atoms with Gasteiger partial charge in [0.25, 0.3) is 0 Å². The monoisotopic (exact) mass is 456 g/mol. The van der Waals surface area contributed by atoms with Gasteiger partial charge in [-0.1, -0.05) is 57.4 Å². The van der Waals surface area contributed by atoms with Gasteiger partial charge in [0.1, 0.15) is 18.5 Å². The first-order valence-corrected chi connectivity index (χ1v) is 12.1. The summed E-state index contributed by atoms with van der Waals surface area (Å²) in [5.74, 6) is 0.715. The van der Waals surface area contributed by atoms with Crippen molar-refractivity contribution in [3.63, 3.8) is 0 Å². The van der Waals surface area contributed by atoms with Crippen LogP contribution < -0.4 is 10.1 Å². The zero-order valence-corrected chi connectivity index (χ0v) is 20.9. The number of amides is 1. The number of alkyl carbamates (subject to hydrolysis) is 1. The summed E-state index contributed by atoms with van der Waals surface area (Å²) in [6, 6.07) is 11.9. The van der Waals surface area contributed by atoms with E-state index >= 15 is 0 Å². The van der Waals surface area contributed by atoms with E-state index in [0.717, 1.165) is 48.9 Å². The van der Waals surface area contributed by atoms with E-state index in [1.807, 2.05) is 50.2 Å². The molecule has 0 saturated carbocycles. The quantitative estimate of drug-likeness (QED) is 0.329. The summed E-state index contributed by atoms with van der Waals surface area (Å²) < 4.78 is 16.3. The molecule has 2 rings (SSSR count). The van der Waals surface area contributed by atoms with Gasteiger partial charge >= 0.3 is 6.09 Å². The van der Waals surface area contributed by atoms with Gasteiger partial charge < -0.3 is 19.5 Å². The van der Waals surface area contributed by atoms with Gasteiger partial charge in [0.15, 0.2) is 0 Å². The van der Waals surface area contributed by atoms with Gasteiger partial charge in [0, 0.05) is 12.7 Å². The Kier molecular flexibility index (Phi) is 11.2. The molecule has 0 radical (unpaired) electrons. The lowest BCUT2D eigenvalue weighted by molar-refractivity contribution is 0.0786. The third-order valence-corrected chi connectivity index (χ3v) is 5.62. The molecule has 6 nitrogen and oxygen atoms in total. The molecule has 33 heavy (non-hydrogen) atoms. The average Bonchev–Trinajstić information content (AvgIpc) is 2.80. The smallest absolute Gasteiger partial charge is 0.408 e. The number of nitrogens with zero attached hydrogens (tertiary/aromatic N) is 1. The first-order valence-electron chi connectivity index (χ1n) is 12.1. The number of methoxy groups -OCH3 is 1. The van der Waals surface area contributed by atoms with Crippen molar-refractivity contribution in [3.05, 3.63) is 48.2 Å². The summed E-state index contributed by atoms with van der Waals surface area (Å²) in [6.45, 7) is 9.31. The molecule has 1 heterocycles. The molecule has 1 amide bonds. The largest absolute Gasteiger partial charge is 0.490 e. The fourth-order valence-electron chi connectivity index (χ4n) is 3.65. The van der Waals surface area contributed by atoms with Crippen LogP contribution in [-0.4, -0.2) is 37.5 Å². The van der Waals surface area contributed by atoms with E-state index in [4.69, 9.17) is 14.2 Å². The summed E-state index contributed by atoms with van der Waals surface area (Å²) >= 11 is 0. The van der Waals surface area contributed by atoms with Crippen molar-refractivity contribution in [2.45, 2.75) is 77.9 Å². The number of carbonyl (C=O) groups is 1. The highest BCUT2D eigenvalue weighted by Gasteiger charge is 2.25. The summed E-state index contributed by atoms with van der Waals surface area (Å²) in [7, 11) is 1.64. The van der Waals surface area contributed by atoms with Crippen LogP contribution in [0.1, 0.15) is 71.8 Å². The normalized spacial score (nSPS) is 12.3. The second-order valence-electron chi connectivity index (χ2n) is 8.86. The fourth-order valence-corrected chi connectivity index (χ4v) is 3.65. The van der Waals surface area contributed by atoms with Crippen molar-refractivity contribution < 1.29 is 19.0 Å². The zero-order chi connectivity index (χ0) is 24.1. The SMILES string of the molecule is CCCCCC(CCC)OC(=O)NC(C)(C)c1ccc(-c2ccc(OCCOC)cn2)cc1. The van der Waals surface area contributed by atoms with E-state index < -0.39 is 5.54 Å². The van der Waals surface area contributed by atoms with Crippen molar-refractivity contribution >= 4 is 6.09 Å². The van der Waals surface area contributed by atoms with Crippen LogP contribution in [0.3, 0.4) is 0 Å². The van der Waals surface area contributed by atoms with Gasteiger partial charge in [-0.25, -0.2) is 4.79 Å². The van der Waals surface area contributed by atoms with Crippen LogP contribution in [0, 0.1) is 0 Å². The minimum absolute atomic E-state index is 0.0211. The number of aromatic nitrogens is 1. The predicted molar refractivity (Wildman–Crippen MR) is 133 cm³/mol. The molecule has 1 N–H and O–H groups in total. The Hall–Kier alpha value is -2.60. The van der Waals surface area contributed by atoms with E-state index in [1.54, 1.807) is 13.3 Å². The van der Waals surface area contributed by atoms with Crippen molar-refractivity contribution in [1.82, 2.24) is 10.3 Å². The van der Waals surface area contributed by atoms with Gasteiger partial charge in [-0.3, -0.25) is 4.98 Å². The van der Waals surface area contributed by atoms with Crippen LogP contribution >= 0.6 is 0 Å². The van der Waals surface area contributed by atoms with Crippen LogP contribution in [-0.2, 0) is 15.0 Å². The maximum Gasteiger partial charge on any atom is 0.408 e. The van der Waals surface area contributed by atoms with E-state index in [-0.39, 0.29) is 12.2 Å². The number of carbonyl (C=O) groups excluding carboxylic acids is 1. The second-order valence-corrected chi connectivity index (χ2v) is 8.86.